The highest BCUT2D eigenvalue weighted by molar-refractivity contribution is 5.97. The molecular weight excluding hydrogens is 412 g/mol. The van der Waals surface area contributed by atoms with Gasteiger partial charge in [-0.05, 0) is 38.3 Å². The van der Waals surface area contributed by atoms with E-state index in [9.17, 15) is 9.59 Å². The van der Waals surface area contributed by atoms with Gasteiger partial charge in [-0.3, -0.25) is 4.79 Å². The summed E-state index contributed by atoms with van der Waals surface area (Å²) in [5.41, 5.74) is -0.488. The zero-order valence-electron chi connectivity index (χ0n) is 18.2. The van der Waals surface area contributed by atoms with E-state index in [2.05, 4.69) is 20.2 Å². The lowest BCUT2D eigenvalue weighted by molar-refractivity contribution is 0.0943. The minimum Gasteiger partial charge on any atom is -0.493 e. The summed E-state index contributed by atoms with van der Waals surface area (Å²) >= 11 is 0. The number of ether oxygens (including phenoxy) is 2. The van der Waals surface area contributed by atoms with Crippen molar-refractivity contribution in [3.63, 3.8) is 0 Å². The van der Waals surface area contributed by atoms with Gasteiger partial charge in [0.2, 0.25) is 5.88 Å². The third kappa shape index (κ3) is 4.82. The van der Waals surface area contributed by atoms with Crippen LogP contribution in [0.4, 0.5) is 5.82 Å². The summed E-state index contributed by atoms with van der Waals surface area (Å²) in [7, 11) is 1.49. The number of anilines is 1. The summed E-state index contributed by atoms with van der Waals surface area (Å²) in [6, 6.07) is 8.52. The minimum atomic E-state index is -0.724. The van der Waals surface area contributed by atoms with Crippen molar-refractivity contribution >= 4 is 22.7 Å². The Morgan fingerprint density at radius 2 is 2.00 bits per heavy atom. The summed E-state index contributed by atoms with van der Waals surface area (Å²) in [4.78, 5) is 35.9. The maximum Gasteiger partial charge on any atom is 0.349 e. The SMILES string of the molecule is COc1cccc2cc(C(=O)NCCOc3cc(N4CCCCC4)nc(C)n3)c(=O)oc12. The highest BCUT2D eigenvalue weighted by Gasteiger charge is 2.16. The molecule has 1 amide bonds. The highest BCUT2D eigenvalue weighted by atomic mass is 16.5. The predicted octanol–water partition coefficient (Wildman–Crippen LogP) is 2.70. The average molecular weight is 438 g/mol. The van der Waals surface area contributed by atoms with Gasteiger partial charge >= 0.3 is 5.63 Å². The van der Waals surface area contributed by atoms with Crippen molar-refractivity contribution in [1.29, 1.82) is 0 Å². The van der Waals surface area contributed by atoms with Crippen LogP contribution >= 0.6 is 0 Å². The van der Waals surface area contributed by atoms with Crippen molar-refractivity contribution in [2.24, 2.45) is 0 Å². The van der Waals surface area contributed by atoms with Crippen LogP contribution < -0.4 is 25.3 Å². The van der Waals surface area contributed by atoms with Gasteiger partial charge in [-0.2, -0.15) is 4.98 Å². The van der Waals surface area contributed by atoms with Gasteiger partial charge in [0.25, 0.3) is 5.91 Å². The molecule has 0 atom stereocenters. The second-order valence-electron chi connectivity index (χ2n) is 7.59. The topological polar surface area (TPSA) is 107 Å². The Bertz CT molecular complexity index is 1170. The lowest BCUT2D eigenvalue weighted by Gasteiger charge is -2.28. The molecule has 0 spiro atoms. The number of fused-ring (bicyclic) bond motifs is 1. The molecule has 32 heavy (non-hydrogen) atoms. The largest absolute Gasteiger partial charge is 0.493 e. The Morgan fingerprint density at radius 1 is 1.19 bits per heavy atom. The van der Waals surface area contributed by atoms with Crippen LogP contribution in [0.3, 0.4) is 0 Å². The van der Waals surface area contributed by atoms with E-state index < -0.39 is 11.5 Å². The Balaban J connectivity index is 1.37. The molecule has 3 aromatic rings. The van der Waals surface area contributed by atoms with Crippen LogP contribution in [0.2, 0.25) is 0 Å². The molecule has 0 radical (unpaired) electrons. The molecule has 9 heteroatoms. The van der Waals surface area contributed by atoms with E-state index in [1.165, 1.54) is 19.6 Å². The zero-order chi connectivity index (χ0) is 22.5. The molecule has 1 aliphatic rings. The van der Waals surface area contributed by atoms with Crippen LogP contribution in [-0.4, -0.2) is 49.2 Å². The molecular formula is C23H26N4O5. The number of methoxy groups -OCH3 is 1. The second kappa shape index (κ2) is 9.67. The van der Waals surface area contributed by atoms with Crippen molar-refractivity contribution in [2.75, 3.05) is 38.3 Å². The first kappa shape index (κ1) is 21.6. The van der Waals surface area contributed by atoms with Crippen molar-refractivity contribution in [3.05, 3.63) is 52.1 Å². The molecule has 1 saturated heterocycles. The second-order valence-corrected chi connectivity index (χ2v) is 7.59. The van der Waals surface area contributed by atoms with Crippen LogP contribution in [0.5, 0.6) is 11.6 Å². The Kier molecular flexibility index (Phi) is 6.53. The van der Waals surface area contributed by atoms with Gasteiger partial charge < -0.3 is 24.1 Å². The zero-order valence-corrected chi connectivity index (χ0v) is 18.2. The van der Waals surface area contributed by atoms with E-state index in [0.717, 1.165) is 31.7 Å². The standard InChI is InChI=1S/C23H26N4O5/c1-15-25-19(27-10-4-3-5-11-27)14-20(26-15)31-12-9-24-22(28)17-13-16-7-6-8-18(30-2)21(16)32-23(17)29/h6-8,13-14H,3-5,9-12H2,1-2H3,(H,24,28). The van der Waals surface area contributed by atoms with Crippen LogP contribution in [0.1, 0.15) is 35.4 Å². The smallest absolute Gasteiger partial charge is 0.349 e. The van der Waals surface area contributed by atoms with Crippen molar-refractivity contribution in [3.8, 4) is 11.6 Å². The number of para-hydroxylation sites is 1. The first-order valence-corrected chi connectivity index (χ1v) is 10.7. The summed E-state index contributed by atoms with van der Waals surface area (Å²) in [5, 5.41) is 3.29. The van der Waals surface area contributed by atoms with Gasteiger partial charge in [0.15, 0.2) is 11.3 Å². The number of carbonyl (C=O) groups is 1. The molecule has 3 heterocycles. The van der Waals surface area contributed by atoms with Crippen LogP contribution in [-0.2, 0) is 0 Å². The Hall–Kier alpha value is -3.62. The number of carbonyl (C=O) groups excluding carboxylic acids is 1. The molecule has 0 aliphatic carbocycles. The fraction of sp³-hybridized carbons (Fsp3) is 0.391. The maximum atomic E-state index is 12.5. The molecule has 0 bridgehead atoms. The monoisotopic (exact) mass is 438 g/mol. The van der Waals surface area contributed by atoms with Gasteiger partial charge in [0.1, 0.15) is 23.8 Å². The fourth-order valence-corrected chi connectivity index (χ4v) is 3.74. The van der Waals surface area contributed by atoms with Crippen molar-refractivity contribution in [2.45, 2.75) is 26.2 Å². The summed E-state index contributed by atoms with van der Waals surface area (Å²) in [6.07, 6.45) is 3.55. The van der Waals surface area contributed by atoms with Crippen molar-refractivity contribution in [1.82, 2.24) is 15.3 Å². The van der Waals surface area contributed by atoms with E-state index in [4.69, 9.17) is 13.9 Å². The fourth-order valence-electron chi connectivity index (χ4n) is 3.74. The van der Waals surface area contributed by atoms with Crippen LogP contribution in [0.15, 0.2) is 39.5 Å². The third-order valence-electron chi connectivity index (χ3n) is 5.31. The number of benzene rings is 1. The van der Waals surface area contributed by atoms with Gasteiger partial charge in [0, 0.05) is 24.5 Å². The first-order valence-electron chi connectivity index (χ1n) is 10.7. The third-order valence-corrected chi connectivity index (χ3v) is 5.31. The Labute approximate surface area is 185 Å². The number of nitrogens with zero attached hydrogens (tertiary/aromatic N) is 3. The van der Waals surface area contributed by atoms with E-state index in [-0.39, 0.29) is 18.7 Å². The van der Waals surface area contributed by atoms with Gasteiger partial charge in [-0.1, -0.05) is 12.1 Å². The minimum absolute atomic E-state index is 0.0731. The summed E-state index contributed by atoms with van der Waals surface area (Å²) < 4.78 is 16.2. The van der Waals surface area contributed by atoms with Crippen LogP contribution in [0, 0.1) is 6.92 Å². The molecule has 4 rings (SSSR count). The van der Waals surface area contributed by atoms with E-state index in [0.29, 0.717) is 28.4 Å². The number of piperidine rings is 1. The van der Waals surface area contributed by atoms with E-state index in [1.54, 1.807) is 18.2 Å². The molecule has 1 aliphatic heterocycles. The van der Waals surface area contributed by atoms with Gasteiger partial charge in [0.05, 0.1) is 13.7 Å². The normalized spacial score (nSPS) is 13.8. The van der Waals surface area contributed by atoms with Crippen LogP contribution in [0.25, 0.3) is 11.0 Å². The summed E-state index contributed by atoms with van der Waals surface area (Å²) in [6.45, 7) is 4.19. The van der Waals surface area contributed by atoms with Gasteiger partial charge in [-0.15, -0.1) is 0 Å². The number of rotatable bonds is 7. The maximum absolute atomic E-state index is 12.5. The molecule has 168 valence electrons. The first-order chi connectivity index (χ1) is 15.5. The number of aromatic nitrogens is 2. The van der Waals surface area contributed by atoms with Gasteiger partial charge in [-0.25, -0.2) is 9.78 Å². The highest BCUT2D eigenvalue weighted by Crippen LogP contribution is 2.24. The number of amides is 1. The predicted molar refractivity (Wildman–Crippen MR) is 120 cm³/mol. The quantitative estimate of drug-likeness (QED) is 0.443. The number of hydrogen-bond acceptors (Lipinski definition) is 8. The molecule has 0 unspecified atom stereocenters. The molecule has 1 aromatic carbocycles. The number of aryl methyl sites for hydroxylation is 1. The lowest BCUT2D eigenvalue weighted by Crippen LogP contribution is -2.32. The summed E-state index contributed by atoms with van der Waals surface area (Å²) in [5.74, 6) is 1.87. The molecule has 9 nitrogen and oxygen atoms in total. The lowest BCUT2D eigenvalue weighted by atomic mass is 10.1. The molecule has 2 aromatic heterocycles. The Morgan fingerprint density at radius 3 is 2.78 bits per heavy atom. The molecule has 1 N–H and O–H groups in total. The number of hydrogen-bond donors (Lipinski definition) is 1. The molecule has 1 fully saturated rings. The van der Waals surface area contributed by atoms with E-state index in [1.807, 2.05) is 13.0 Å². The number of nitrogens with one attached hydrogen (secondary N) is 1. The molecule has 0 saturated carbocycles. The average Bonchev–Trinajstić information content (AvgIpc) is 2.81. The van der Waals surface area contributed by atoms with E-state index >= 15 is 0 Å². The van der Waals surface area contributed by atoms with Crippen molar-refractivity contribution < 1.29 is 18.7 Å².